The van der Waals surface area contributed by atoms with Gasteiger partial charge in [-0.05, 0) is 111 Å². The number of thiazole rings is 1. The highest BCUT2D eigenvalue weighted by molar-refractivity contribution is 8.00. The topological polar surface area (TPSA) is 115 Å². The number of likely N-dealkylation sites (tertiary alicyclic amines) is 1. The van der Waals surface area contributed by atoms with Crippen LogP contribution in [0.1, 0.15) is 95.6 Å². The van der Waals surface area contributed by atoms with Crippen LogP contribution in [-0.4, -0.2) is 70.1 Å². The summed E-state index contributed by atoms with van der Waals surface area (Å²) in [6, 6.07) is 27.0. The summed E-state index contributed by atoms with van der Waals surface area (Å²) in [5.41, 5.74) is 5.76. The van der Waals surface area contributed by atoms with Gasteiger partial charge in [0, 0.05) is 66.8 Å². The molecule has 2 amide bonds. The maximum Gasteiger partial charge on any atom is 0.227 e. The lowest BCUT2D eigenvalue weighted by molar-refractivity contribution is -0.132. The third-order valence-electron chi connectivity index (χ3n) is 11.5. The fourth-order valence-corrected chi connectivity index (χ4v) is 9.78. The Kier molecular flexibility index (Phi) is 15.1. The van der Waals surface area contributed by atoms with Gasteiger partial charge in [-0.3, -0.25) is 14.9 Å². The first kappa shape index (κ1) is 44.2. The molecule has 5 heterocycles. The third kappa shape index (κ3) is 12.0. The molecule has 10 nitrogen and oxygen atoms in total. The van der Waals surface area contributed by atoms with Crippen molar-refractivity contribution in [3.8, 4) is 21.8 Å². The Hall–Kier alpha value is -4.85. The highest BCUT2D eigenvalue weighted by Gasteiger charge is 2.28. The molecule has 0 radical (unpaired) electrons. The fraction of sp³-hybridized carbons (Fsp3) is 0.438. The van der Waals surface area contributed by atoms with Gasteiger partial charge in [-0.15, -0.1) is 11.3 Å². The van der Waals surface area contributed by atoms with E-state index in [0.29, 0.717) is 53.8 Å². The van der Waals surface area contributed by atoms with E-state index in [1.54, 1.807) is 29.7 Å². The highest BCUT2D eigenvalue weighted by Crippen LogP contribution is 2.42. The predicted octanol–water partition coefficient (Wildman–Crippen LogP) is 10.8. The van der Waals surface area contributed by atoms with Crippen LogP contribution in [0.3, 0.4) is 0 Å². The number of halogens is 1. The van der Waals surface area contributed by atoms with E-state index in [0.717, 1.165) is 46.8 Å². The zero-order valence-electron chi connectivity index (χ0n) is 35.9. The van der Waals surface area contributed by atoms with Crippen LogP contribution in [0.2, 0.25) is 0 Å². The smallest absolute Gasteiger partial charge is 0.227 e. The monoisotopic (exact) mass is 862 g/mol. The lowest BCUT2D eigenvalue weighted by atomic mass is 9.88. The summed E-state index contributed by atoms with van der Waals surface area (Å²) in [5.74, 6) is 2.20. The molecule has 0 atom stereocenters. The molecule has 2 aromatic heterocycles. The van der Waals surface area contributed by atoms with Gasteiger partial charge in [0.05, 0.1) is 27.0 Å². The van der Waals surface area contributed by atoms with Crippen molar-refractivity contribution in [3.63, 3.8) is 0 Å². The summed E-state index contributed by atoms with van der Waals surface area (Å²) in [6.45, 7) is 14.4. The normalized spacial score (nSPS) is 16.8. The number of para-hydroxylation sites is 1. The molecular weight excluding hydrogens is 804 g/mol. The van der Waals surface area contributed by atoms with Gasteiger partial charge in [-0.1, -0.05) is 76.0 Å². The second-order valence-electron chi connectivity index (χ2n) is 17.2. The number of hydrogen-bond donors (Lipinski definition) is 3. The molecule has 322 valence electrons. The number of amides is 2. The van der Waals surface area contributed by atoms with Gasteiger partial charge >= 0.3 is 0 Å². The van der Waals surface area contributed by atoms with Gasteiger partial charge in [-0.25, -0.2) is 19.3 Å². The highest BCUT2D eigenvalue weighted by atomic mass is 32.2. The number of anilines is 4. The van der Waals surface area contributed by atoms with Crippen LogP contribution in [0, 0.1) is 11.7 Å². The molecule has 3 aliphatic heterocycles. The van der Waals surface area contributed by atoms with Crippen molar-refractivity contribution in [2.75, 3.05) is 53.4 Å². The van der Waals surface area contributed by atoms with Crippen molar-refractivity contribution in [1.82, 2.24) is 25.2 Å². The number of hydrogen-bond acceptors (Lipinski definition) is 11. The van der Waals surface area contributed by atoms with Crippen LogP contribution in [-0.2, 0) is 15.0 Å². The predicted molar refractivity (Wildman–Crippen MR) is 250 cm³/mol. The van der Waals surface area contributed by atoms with E-state index in [9.17, 15) is 9.59 Å². The van der Waals surface area contributed by atoms with Crippen LogP contribution < -0.4 is 20.3 Å². The van der Waals surface area contributed by atoms with Crippen LogP contribution in [0.4, 0.5) is 27.4 Å². The van der Waals surface area contributed by atoms with Gasteiger partial charge in [0.1, 0.15) is 0 Å². The van der Waals surface area contributed by atoms with E-state index in [-0.39, 0.29) is 23.0 Å². The third-order valence-corrected chi connectivity index (χ3v) is 13.9. The molecule has 3 fully saturated rings. The Morgan fingerprint density at radius 3 is 2.25 bits per heavy atom. The van der Waals surface area contributed by atoms with Gasteiger partial charge in [-0.2, -0.15) is 0 Å². The van der Waals surface area contributed by atoms with Crippen LogP contribution in [0.25, 0.3) is 21.8 Å². The maximum absolute atomic E-state index is 15.9. The zero-order valence-corrected chi connectivity index (χ0v) is 37.5. The summed E-state index contributed by atoms with van der Waals surface area (Å²) < 4.78 is 19.1. The van der Waals surface area contributed by atoms with E-state index in [2.05, 4.69) is 112 Å². The van der Waals surface area contributed by atoms with Crippen molar-refractivity contribution in [2.45, 2.75) is 90.4 Å². The Labute approximate surface area is 368 Å². The Balaban J connectivity index is 0.000000630. The largest absolute Gasteiger partial charge is 0.372 e. The van der Waals surface area contributed by atoms with E-state index >= 15 is 4.39 Å². The minimum Gasteiger partial charge on any atom is -0.372 e. The van der Waals surface area contributed by atoms with Gasteiger partial charge in [0.2, 0.25) is 17.8 Å². The molecule has 5 aromatic rings. The number of carbonyl (C=O) groups is 2. The molecule has 0 bridgehead atoms. The lowest BCUT2D eigenvalue weighted by Crippen LogP contribution is -2.41. The van der Waals surface area contributed by atoms with E-state index in [1.807, 2.05) is 12.1 Å². The molecule has 0 spiro atoms. The van der Waals surface area contributed by atoms with E-state index in [1.165, 1.54) is 68.5 Å². The second kappa shape index (κ2) is 20.8. The molecule has 3 aliphatic rings. The zero-order chi connectivity index (χ0) is 42.8. The summed E-state index contributed by atoms with van der Waals surface area (Å²) in [4.78, 5) is 41.2. The number of imide groups is 1. The van der Waals surface area contributed by atoms with Crippen molar-refractivity contribution in [3.05, 3.63) is 101 Å². The first-order valence-corrected chi connectivity index (χ1v) is 23.6. The van der Waals surface area contributed by atoms with Gasteiger partial charge in [0.15, 0.2) is 5.82 Å². The first-order chi connectivity index (χ1) is 29.5. The average Bonchev–Trinajstić information content (AvgIpc) is 3.73. The van der Waals surface area contributed by atoms with E-state index in [4.69, 9.17) is 9.97 Å². The molecule has 61 heavy (non-hydrogen) atoms. The molecule has 3 N–H and O–H groups in total. The Bertz CT molecular complexity index is 2200. The summed E-state index contributed by atoms with van der Waals surface area (Å²) in [5, 5.41) is 6.55. The fourth-order valence-electron chi connectivity index (χ4n) is 8.05. The van der Waals surface area contributed by atoms with E-state index < -0.39 is 0 Å². The van der Waals surface area contributed by atoms with Crippen LogP contribution in [0.15, 0.2) is 85.1 Å². The molecule has 13 heteroatoms. The molecule has 0 aliphatic carbocycles. The Morgan fingerprint density at radius 2 is 1.59 bits per heavy atom. The SMILES string of the molecule is CCCSNc1cccc(-c2nc(C(C)(C)C)sc2-c2ccnc(Nc3ccc(C4CCN(CC5CCN(c6ccccc6)CC5)CC4)cc3)n2)c1F.O=C1CCCC(=O)N1. The number of carbonyl (C=O) groups excluding carboxylic acids is 2. The van der Waals surface area contributed by atoms with Crippen LogP contribution in [0.5, 0.6) is 0 Å². The minimum atomic E-state index is -0.305. The number of aromatic nitrogens is 3. The number of piperidine rings is 3. The molecule has 8 rings (SSSR count). The summed E-state index contributed by atoms with van der Waals surface area (Å²) in [6.07, 6.45) is 9.45. The van der Waals surface area contributed by atoms with Gasteiger partial charge in [0.25, 0.3) is 0 Å². The quantitative estimate of drug-likeness (QED) is 0.0636. The molecule has 3 saturated heterocycles. The van der Waals surface area contributed by atoms with Crippen molar-refractivity contribution in [1.29, 1.82) is 0 Å². The summed E-state index contributed by atoms with van der Waals surface area (Å²) >= 11 is 3.08. The van der Waals surface area contributed by atoms with Crippen molar-refractivity contribution < 1.29 is 14.0 Å². The van der Waals surface area contributed by atoms with Crippen molar-refractivity contribution >= 4 is 58.1 Å². The standard InChI is InChI=1S/C43H52FN7S2.C5H7NO2/c1-5-28-52-49-36-13-9-12-35(38(36)44)39-40(53-41(48-39)43(2,3)4)37-18-23-45-42(47-37)46-33-16-14-31(15-17-33)32-21-24-50(25-22-32)29-30-19-26-51(27-20-30)34-10-7-6-8-11-34;7-4-2-1-3-5(8)6-4/h6-18,23,30,32,49H,5,19-22,24-29H2,1-4H3,(H,45,46,47);1-3H2,(H,6,7,8). The number of rotatable bonds is 12. The molecule has 3 aromatic carbocycles. The number of benzene rings is 3. The minimum absolute atomic E-state index is 0.138. The van der Waals surface area contributed by atoms with Crippen LogP contribution >= 0.6 is 23.3 Å². The molecular formula is C48H59FN8O2S2. The molecule has 0 unspecified atom stereocenters. The number of nitrogens with one attached hydrogen (secondary N) is 3. The number of nitrogens with zero attached hydrogens (tertiary/aromatic N) is 5. The average molecular weight is 863 g/mol. The van der Waals surface area contributed by atoms with Crippen molar-refractivity contribution in [2.24, 2.45) is 5.92 Å². The lowest BCUT2D eigenvalue weighted by Gasteiger charge is -2.38. The Morgan fingerprint density at radius 1 is 0.869 bits per heavy atom. The summed E-state index contributed by atoms with van der Waals surface area (Å²) in [7, 11) is 0. The first-order valence-electron chi connectivity index (χ1n) is 21.8. The second-order valence-corrected chi connectivity index (χ2v) is 19.1. The molecule has 0 saturated carbocycles. The maximum atomic E-state index is 15.9. The van der Waals surface area contributed by atoms with Gasteiger partial charge < -0.3 is 19.8 Å².